The molecule has 11 heteroatoms. The summed E-state index contributed by atoms with van der Waals surface area (Å²) in [5.41, 5.74) is -0.967. The number of aliphatic hydroxyl groups is 1. The van der Waals surface area contributed by atoms with Crippen molar-refractivity contribution in [3.05, 3.63) is 4.91 Å². The van der Waals surface area contributed by atoms with Crippen LogP contribution in [0.4, 0.5) is 0 Å². The second-order valence-electron chi connectivity index (χ2n) is 8.47. The first-order valence-corrected chi connectivity index (χ1v) is 10.3. The van der Waals surface area contributed by atoms with Gasteiger partial charge in [0.2, 0.25) is 0 Å². The van der Waals surface area contributed by atoms with E-state index in [4.69, 9.17) is 14.7 Å². The van der Waals surface area contributed by atoms with Gasteiger partial charge in [0.05, 0.1) is 11.0 Å². The van der Waals surface area contributed by atoms with Gasteiger partial charge in [-0.1, -0.05) is 32.9 Å². The maximum atomic E-state index is 12.8. The van der Waals surface area contributed by atoms with Gasteiger partial charge in [-0.05, 0) is 26.7 Å². The molecule has 1 saturated heterocycles. The highest BCUT2D eigenvalue weighted by Crippen LogP contribution is 2.33. The number of nitriles is 1. The first-order valence-electron chi connectivity index (χ1n) is 10.3. The fourth-order valence-electron chi connectivity index (χ4n) is 4.17. The van der Waals surface area contributed by atoms with E-state index < -0.39 is 53.5 Å². The highest BCUT2D eigenvalue weighted by Gasteiger charge is 2.41. The summed E-state index contributed by atoms with van der Waals surface area (Å²) in [6.45, 7) is 9.55. The van der Waals surface area contributed by atoms with E-state index in [1.165, 1.54) is 13.8 Å². The molecule has 2 N–H and O–H groups in total. The summed E-state index contributed by atoms with van der Waals surface area (Å²) in [6.07, 6.45) is -0.695. The third-order valence-electron chi connectivity index (χ3n) is 5.83. The lowest BCUT2D eigenvalue weighted by atomic mass is 9.78. The van der Waals surface area contributed by atoms with Crippen LogP contribution in [0.2, 0.25) is 0 Å². The van der Waals surface area contributed by atoms with Crippen LogP contribution in [0.15, 0.2) is 10.4 Å². The summed E-state index contributed by atoms with van der Waals surface area (Å²) < 4.78 is 10.6. The Labute approximate surface area is 181 Å². The minimum atomic E-state index is -1.57. The van der Waals surface area contributed by atoms with E-state index in [-0.39, 0.29) is 25.0 Å². The number of rotatable bonds is 3. The molecular weight excluding hydrogens is 408 g/mol. The lowest BCUT2D eigenvalue weighted by molar-refractivity contribution is -0.180. The minimum Gasteiger partial charge on any atom is -0.439 e. The number of oxime groups is 1. The maximum absolute atomic E-state index is 12.8. The summed E-state index contributed by atoms with van der Waals surface area (Å²) >= 11 is 0. The molecule has 0 aromatic rings. The zero-order valence-corrected chi connectivity index (χ0v) is 18.8. The summed E-state index contributed by atoms with van der Waals surface area (Å²) in [7, 11) is 0. The number of carbonyl (C=O) groups is 2. The van der Waals surface area contributed by atoms with Crippen LogP contribution in [0.3, 0.4) is 0 Å². The first-order chi connectivity index (χ1) is 14.5. The second kappa shape index (κ2) is 11.0. The van der Waals surface area contributed by atoms with Crippen LogP contribution in [-0.4, -0.2) is 50.8 Å². The fourth-order valence-corrected chi connectivity index (χ4v) is 4.17. The van der Waals surface area contributed by atoms with Crippen LogP contribution < -0.4 is 0 Å². The molecule has 1 fully saturated rings. The number of ether oxygens (including phenoxy) is 2. The monoisotopic (exact) mass is 440 g/mol. The number of carbonyl (C=O) groups excluding carboxylic acids is 2. The van der Waals surface area contributed by atoms with Gasteiger partial charge < -0.3 is 19.8 Å². The van der Waals surface area contributed by atoms with Crippen molar-refractivity contribution in [3.63, 3.8) is 0 Å². The predicted octanol–water partition coefficient (Wildman–Crippen LogP) is 2.56. The average molecular weight is 440 g/mol. The Balaban J connectivity index is 3.50. The third kappa shape index (κ3) is 6.13. The Bertz CT molecular complexity index is 738. The first kappa shape index (κ1) is 26.3. The van der Waals surface area contributed by atoms with Gasteiger partial charge in [0, 0.05) is 24.2 Å². The van der Waals surface area contributed by atoms with Gasteiger partial charge in [0.15, 0.2) is 12.5 Å². The van der Waals surface area contributed by atoms with Crippen molar-refractivity contribution < 1.29 is 29.4 Å². The largest absolute Gasteiger partial charge is 0.439 e. The standard InChI is InChI=1S/C20H32N4O7/c1-7-15-24(23-29)18(26)13(4)16(22-28)11(2)8-20(6,30-10-21)9-12(3)17(25)14(5)19(27)31-15/h11-15,18,26,28H,7-9H2,1-6H3/b22-16+/t11-,12-,13?,14?,15-,18?,20-/m1/s1. The van der Waals surface area contributed by atoms with Crippen molar-refractivity contribution in [3.8, 4) is 6.26 Å². The topological polar surface area (TPSA) is 162 Å². The van der Waals surface area contributed by atoms with Crippen LogP contribution in [0, 0.1) is 40.1 Å². The van der Waals surface area contributed by atoms with Gasteiger partial charge in [-0.25, -0.2) is 0 Å². The molecule has 174 valence electrons. The van der Waals surface area contributed by atoms with Crippen molar-refractivity contribution in [2.75, 3.05) is 0 Å². The minimum absolute atomic E-state index is 0.118. The van der Waals surface area contributed by atoms with Gasteiger partial charge >= 0.3 is 5.97 Å². The van der Waals surface area contributed by atoms with E-state index in [1.807, 2.05) is 0 Å². The van der Waals surface area contributed by atoms with Crippen molar-refractivity contribution in [2.24, 2.45) is 34.1 Å². The molecule has 0 radical (unpaired) electrons. The molecule has 3 unspecified atom stereocenters. The number of hydrogen-bond donors (Lipinski definition) is 2. The highest BCUT2D eigenvalue weighted by molar-refractivity contribution is 5.99. The lowest BCUT2D eigenvalue weighted by Crippen LogP contribution is -2.49. The van der Waals surface area contributed by atoms with Crippen molar-refractivity contribution in [1.29, 1.82) is 5.26 Å². The summed E-state index contributed by atoms with van der Waals surface area (Å²) in [5.74, 6) is -4.42. The van der Waals surface area contributed by atoms with Crippen molar-refractivity contribution in [1.82, 2.24) is 5.01 Å². The Kier molecular flexibility index (Phi) is 9.37. The maximum Gasteiger partial charge on any atom is 0.318 e. The van der Waals surface area contributed by atoms with Crippen molar-refractivity contribution >= 4 is 17.5 Å². The highest BCUT2D eigenvalue weighted by atomic mass is 16.6. The number of cyclic esters (lactones) is 1. The molecule has 0 amide bonds. The number of aliphatic hydroxyl groups excluding tert-OH is 1. The Morgan fingerprint density at radius 3 is 2.32 bits per heavy atom. The quantitative estimate of drug-likeness (QED) is 0.168. The van der Waals surface area contributed by atoms with Gasteiger partial charge in [-0.15, -0.1) is 4.91 Å². The Hall–Kier alpha value is -2.74. The predicted molar refractivity (Wildman–Crippen MR) is 109 cm³/mol. The average Bonchev–Trinajstić information content (AvgIpc) is 2.71. The van der Waals surface area contributed by atoms with Crippen LogP contribution in [0.25, 0.3) is 0 Å². The smallest absolute Gasteiger partial charge is 0.318 e. The zero-order chi connectivity index (χ0) is 23.9. The van der Waals surface area contributed by atoms with Gasteiger partial charge in [0.1, 0.15) is 17.3 Å². The third-order valence-corrected chi connectivity index (χ3v) is 5.83. The molecule has 7 atom stereocenters. The number of Topliss-reactive ketones (excluding diaryl/α,β-unsaturated/α-hetero) is 1. The van der Waals surface area contributed by atoms with Crippen LogP contribution in [0.1, 0.15) is 60.8 Å². The molecule has 1 aliphatic rings. The Morgan fingerprint density at radius 1 is 1.26 bits per heavy atom. The molecule has 0 aromatic carbocycles. The molecule has 31 heavy (non-hydrogen) atoms. The molecule has 1 rings (SSSR count). The van der Waals surface area contributed by atoms with E-state index in [9.17, 15) is 24.8 Å². The fraction of sp³-hybridized carbons (Fsp3) is 0.800. The van der Waals surface area contributed by atoms with Crippen molar-refractivity contribution in [2.45, 2.75) is 78.9 Å². The number of nitrogens with zero attached hydrogens (tertiary/aromatic N) is 4. The van der Waals surface area contributed by atoms with E-state index in [0.717, 1.165) is 0 Å². The number of nitroso groups, excluding NO2 is 1. The Morgan fingerprint density at radius 2 is 1.84 bits per heavy atom. The normalized spacial score (nSPS) is 37.5. The summed E-state index contributed by atoms with van der Waals surface area (Å²) in [4.78, 5) is 36.9. The molecule has 1 aliphatic heterocycles. The van der Waals surface area contributed by atoms with E-state index in [2.05, 4.69) is 10.4 Å². The van der Waals surface area contributed by atoms with Crippen LogP contribution in [-0.2, 0) is 19.1 Å². The molecule has 0 bridgehead atoms. The SMILES string of the molecule is CC[C@H]1OC(=O)C(C)C(=O)[C@H](C)C[C@](C)(OC#N)C[C@@H](C)/C(=N\O)C(C)C(O)N1N=O. The number of ketones is 1. The van der Waals surface area contributed by atoms with E-state index in [1.54, 1.807) is 34.0 Å². The van der Waals surface area contributed by atoms with E-state index in [0.29, 0.717) is 5.01 Å². The zero-order valence-electron chi connectivity index (χ0n) is 18.8. The molecule has 0 aliphatic carbocycles. The van der Waals surface area contributed by atoms with Crippen LogP contribution >= 0.6 is 0 Å². The van der Waals surface area contributed by atoms with Gasteiger partial charge in [-0.2, -0.15) is 10.3 Å². The number of hydrogen-bond acceptors (Lipinski definition) is 10. The summed E-state index contributed by atoms with van der Waals surface area (Å²) in [6, 6.07) is 0. The number of esters is 1. The second-order valence-corrected chi connectivity index (χ2v) is 8.47. The lowest BCUT2D eigenvalue weighted by Gasteiger charge is -2.36. The molecule has 0 aromatic heterocycles. The molecule has 0 spiro atoms. The summed E-state index contributed by atoms with van der Waals surface area (Å²) in [5, 5.41) is 36.3. The van der Waals surface area contributed by atoms with E-state index >= 15 is 0 Å². The van der Waals surface area contributed by atoms with Crippen LogP contribution in [0.5, 0.6) is 0 Å². The molecule has 0 saturated carbocycles. The molecule has 11 nitrogen and oxygen atoms in total. The molecule has 1 heterocycles. The molecular formula is C20H32N4O7. The van der Waals surface area contributed by atoms with Gasteiger partial charge in [0.25, 0.3) is 6.26 Å². The van der Waals surface area contributed by atoms with Gasteiger partial charge in [-0.3, -0.25) is 9.59 Å².